The van der Waals surface area contributed by atoms with Crippen molar-refractivity contribution in [3.63, 3.8) is 0 Å². The van der Waals surface area contributed by atoms with Crippen LogP contribution in [0.25, 0.3) is 0 Å². The smallest absolute Gasteiger partial charge is 0.289 e. The van der Waals surface area contributed by atoms with Crippen molar-refractivity contribution < 1.29 is 19.4 Å². The molecule has 1 aromatic rings. The summed E-state index contributed by atoms with van der Waals surface area (Å²) in [4.78, 5) is 12.5. The van der Waals surface area contributed by atoms with E-state index in [0.717, 1.165) is 38.1 Å². The molecule has 0 spiro atoms. The van der Waals surface area contributed by atoms with Gasteiger partial charge in [-0.05, 0) is 12.8 Å². The van der Waals surface area contributed by atoms with Crippen LogP contribution in [-0.4, -0.2) is 63.3 Å². The summed E-state index contributed by atoms with van der Waals surface area (Å²) in [5, 5.41) is 20.8. The lowest BCUT2D eigenvalue weighted by Gasteiger charge is -2.17. The highest BCUT2D eigenvalue weighted by Gasteiger charge is 2.47. The van der Waals surface area contributed by atoms with Crippen LogP contribution in [-0.2, 0) is 22.4 Å². The van der Waals surface area contributed by atoms with Crippen LogP contribution in [0.3, 0.4) is 0 Å². The van der Waals surface area contributed by atoms with E-state index in [1.165, 1.54) is 0 Å². The van der Waals surface area contributed by atoms with Crippen LogP contribution in [0, 0.1) is 0 Å². The van der Waals surface area contributed by atoms with E-state index < -0.39 is 6.10 Å². The molecule has 3 aliphatic rings. The molecule has 0 aromatic carbocycles. The standard InChI is InChI=1S/C14H20N4O4/c19-9-7-22-11-8(6-21-12(9)11)15-14(20)13-17-16-10-4-2-1-3-5-18(10)13/h8-9,11-12,19H,1-7H2,(H,15,20)/t8-,9+,11+,12+/m0/s1. The molecule has 2 N–H and O–H groups in total. The van der Waals surface area contributed by atoms with Crippen LogP contribution in [0.2, 0.25) is 0 Å². The van der Waals surface area contributed by atoms with E-state index in [9.17, 15) is 9.90 Å². The largest absolute Gasteiger partial charge is 0.388 e. The Labute approximate surface area is 127 Å². The molecule has 4 atom stereocenters. The van der Waals surface area contributed by atoms with Gasteiger partial charge in [-0.1, -0.05) is 6.42 Å². The summed E-state index contributed by atoms with van der Waals surface area (Å²) in [6.07, 6.45) is 2.90. The number of nitrogens with one attached hydrogen (secondary N) is 1. The van der Waals surface area contributed by atoms with Crippen molar-refractivity contribution >= 4 is 5.91 Å². The van der Waals surface area contributed by atoms with E-state index in [4.69, 9.17) is 9.47 Å². The van der Waals surface area contributed by atoms with Gasteiger partial charge >= 0.3 is 0 Å². The van der Waals surface area contributed by atoms with Gasteiger partial charge in [0.05, 0.1) is 19.3 Å². The fourth-order valence-corrected chi connectivity index (χ4v) is 3.49. The van der Waals surface area contributed by atoms with E-state index in [1.54, 1.807) is 0 Å². The number of hydrogen-bond donors (Lipinski definition) is 2. The van der Waals surface area contributed by atoms with Gasteiger partial charge in [0, 0.05) is 13.0 Å². The van der Waals surface area contributed by atoms with Crippen molar-refractivity contribution in [1.82, 2.24) is 20.1 Å². The summed E-state index contributed by atoms with van der Waals surface area (Å²) in [6.45, 7) is 1.38. The van der Waals surface area contributed by atoms with Crippen LogP contribution >= 0.6 is 0 Å². The number of rotatable bonds is 2. The number of carbonyl (C=O) groups excluding carboxylic acids is 1. The van der Waals surface area contributed by atoms with Gasteiger partial charge in [-0.15, -0.1) is 10.2 Å². The van der Waals surface area contributed by atoms with Crippen molar-refractivity contribution in [3.8, 4) is 0 Å². The summed E-state index contributed by atoms with van der Waals surface area (Å²) in [5.41, 5.74) is 0. The second-order valence-corrected chi connectivity index (χ2v) is 6.15. The summed E-state index contributed by atoms with van der Waals surface area (Å²) in [5.74, 6) is 0.995. The first kappa shape index (κ1) is 14.1. The molecule has 2 saturated heterocycles. The first-order chi connectivity index (χ1) is 10.7. The predicted octanol–water partition coefficient (Wildman–Crippen LogP) is -0.739. The summed E-state index contributed by atoms with van der Waals surface area (Å²) in [6, 6.07) is -0.256. The zero-order chi connectivity index (χ0) is 15.1. The second kappa shape index (κ2) is 5.60. The number of amides is 1. The molecule has 3 aliphatic heterocycles. The summed E-state index contributed by atoms with van der Waals surface area (Å²) < 4.78 is 13.0. The van der Waals surface area contributed by atoms with Crippen LogP contribution in [0.4, 0.5) is 0 Å². The number of aromatic nitrogens is 3. The van der Waals surface area contributed by atoms with Gasteiger partial charge in [-0.2, -0.15) is 0 Å². The first-order valence-corrected chi connectivity index (χ1v) is 7.88. The maximum Gasteiger partial charge on any atom is 0.289 e. The predicted molar refractivity (Wildman–Crippen MR) is 74.3 cm³/mol. The monoisotopic (exact) mass is 308 g/mol. The third-order valence-corrected chi connectivity index (χ3v) is 4.66. The quantitative estimate of drug-likeness (QED) is 0.747. The minimum absolute atomic E-state index is 0.250. The molecule has 1 amide bonds. The Balaban J connectivity index is 1.48. The highest BCUT2D eigenvalue weighted by Crippen LogP contribution is 2.27. The Morgan fingerprint density at radius 1 is 1.18 bits per heavy atom. The summed E-state index contributed by atoms with van der Waals surface area (Å²) >= 11 is 0. The van der Waals surface area contributed by atoms with Gasteiger partial charge in [-0.3, -0.25) is 4.79 Å². The van der Waals surface area contributed by atoms with Gasteiger partial charge in [0.15, 0.2) is 0 Å². The number of ether oxygens (including phenoxy) is 2. The van der Waals surface area contributed by atoms with Crippen LogP contribution < -0.4 is 5.32 Å². The van der Waals surface area contributed by atoms with E-state index >= 15 is 0 Å². The minimum atomic E-state index is -0.615. The van der Waals surface area contributed by atoms with Gasteiger partial charge in [0.1, 0.15) is 24.1 Å². The number of aliphatic hydroxyl groups is 1. The number of fused-ring (bicyclic) bond motifs is 2. The van der Waals surface area contributed by atoms with Crippen LogP contribution in [0.5, 0.6) is 0 Å². The number of aryl methyl sites for hydroxylation is 1. The average molecular weight is 308 g/mol. The molecule has 4 rings (SSSR count). The van der Waals surface area contributed by atoms with E-state index in [1.807, 2.05) is 4.57 Å². The fourth-order valence-electron chi connectivity index (χ4n) is 3.49. The third-order valence-electron chi connectivity index (χ3n) is 4.66. The number of nitrogens with zero attached hydrogens (tertiary/aromatic N) is 3. The Morgan fingerprint density at radius 2 is 2.05 bits per heavy atom. The second-order valence-electron chi connectivity index (χ2n) is 6.15. The lowest BCUT2D eigenvalue weighted by Crippen LogP contribution is -2.45. The number of hydrogen-bond acceptors (Lipinski definition) is 6. The highest BCUT2D eigenvalue weighted by molar-refractivity contribution is 5.91. The molecule has 22 heavy (non-hydrogen) atoms. The van der Waals surface area contributed by atoms with Crippen molar-refractivity contribution in [3.05, 3.63) is 11.6 Å². The zero-order valence-electron chi connectivity index (χ0n) is 12.3. The molecule has 0 aliphatic carbocycles. The SMILES string of the molecule is O=C(N[C@H]1CO[C@H]2[C@@H]1OC[C@H]2O)c1nnc2n1CCCCC2. The highest BCUT2D eigenvalue weighted by atomic mass is 16.6. The van der Waals surface area contributed by atoms with E-state index in [-0.39, 0.29) is 30.8 Å². The zero-order valence-corrected chi connectivity index (χ0v) is 12.3. The van der Waals surface area contributed by atoms with Crippen LogP contribution in [0.15, 0.2) is 0 Å². The average Bonchev–Trinajstić information content (AvgIpc) is 3.14. The maximum atomic E-state index is 12.5. The Kier molecular flexibility index (Phi) is 3.59. The minimum Gasteiger partial charge on any atom is -0.388 e. The number of carbonyl (C=O) groups is 1. The molecule has 0 radical (unpaired) electrons. The third kappa shape index (κ3) is 2.31. The molecular weight excluding hydrogens is 288 g/mol. The first-order valence-electron chi connectivity index (χ1n) is 7.88. The molecule has 120 valence electrons. The molecule has 8 nitrogen and oxygen atoms in total. The Morgan fingerprint density at radius 3 is 2.95 bits per heavy atom. The molecule has 8 heteroatoms. The molecule has 0 bridgehead atoms. The lowest BCUT2D eigenvalue weighted by molar-refractivity contribution is 0.0178. The fraction of sp³-hybridized carbons (Fsp3) is 0.786. The van der Waals surface area contributed by atoms with Crippen molar-refractivity contribution in [1.29, 1.82) is 0 Å². The van der Waals surface area contributed by atoms with Gasteiger partial charge in [0.2, 0.25) is 5.82 Å². The molecule has 1 aromatic heterocycles. The maximum absolute atomic E-state index is 12.5. The molecular formula is C14H20N4O4. The van der Waals surface area contributed by atoms with Gasteiger partial charge in [-0.25, -0.2) is 0 Å². The van der Waals surface area contributed by atoms with E-state index in [2.05, 4.69) is 15.5 Å². The molecule has 0 unspecified atom stereocenters. The number of aliphatic hydroxyl groups excluding tert-OH is 1. The Hall–Kier alpha value is -1.51. The van der Waals surface area contributed by atoms with Crippen LogP contribution in [0.1, 0.15) is 35.7 Å². The van der Waals surface area contributed by atoms with Crippen molar-refractivity contribution in [2.45, 2.75) is 56.6 Å². The normalized spacial score (nSPS) is 34.0. The molecule has 4 heterocycles. The molecule has 0 saturated carbocycles. The van der Waals surface area contributed by atoms with Crippen molar-refractivity contribution in [2.75, 3.05) is 13.2 Å². The van der Waals surface area contributed by atoms with Crippen molar-refractivity contribution in [2.24, 2.45) is 0 Å². The summed E-state index contributed by atoms with van der Waals surface area (Å²) in [7, 11) is 0. The lowest BCUT2D eigenvalue weighted by atomic mass is 10.1. The van der Waals surface area contributed by atoms with Gasteiger partial charge < -0.3 is 24.5 Å². The Bertz CT molecular complexity index is 575. The van der Waals surface area contributed by atoms with Gasteiger partial charge in [0.25, 0.3) is 5.91 Å². The topological polar surface area (TPSA) is 98.5 Å². The van der Waals surface area contributed by atoms with E-state index in [0.29, 0.717) is 12.4 Å². The molecule has 2 fully saturated rings.